The number of benzene rings is 7. The number of nitrogens with zero attached hydrogens (tertiary/aromatic N) is 7. The van der Waals surface area contributed by atoms with Gasteiger partial charge >= 0.3 is 29.6 Å². The Kier molecular flexibility index (Phi) is 33.4. The number of piperazine rings is 2. The van der Waals surface area contributed by atoms with Gasteiger partial charge in [0, 0.05) is 175 Å². The van der Waals surface area contributed by atoms with Crippen LogP contribution in [-0.2, 0) is 33.6 Å². The summed E-state index contributed by atoms with van der Waals surface area (Å²) >= 11 is 11.2. The molecule has 9 N–H and O–H groups in total. The molecule has 0 atom stereocenters. The Balaban J connectivity index is 0.000000201. The van der Waals surface area contributed by atoms with Crippen molar-refractivity contribution in [3.8, 4) is 24.3 Å². The van der Waals surface area contributed by atoms with Gasteiger partial charge in [0.1, 0.15) is 11.2 Å². The Hall–Kier alpha value is -10.6. The maximum absolute atomic E-state index is 12.1. The van der Waals surface area contributed by atoms with Crippen molar-refractivity contribution in [2.75, 3.05) is 87.1 Å². The first-order chi connectivity index (χ1) is 53.4. The van der Waals surface area contributed by atoms with Gasteiger partial charge < -0.3 is 56.8 Å². The van der Waals surface area contributed by atoms with E-state index in [0.717, 1.165) is 182 Å². The number of H-pyrrole nitrogens is 4. The number of rotatable bonds is 24. The second-order valence-corrected chi connectivity index (χ2v) is 29.3. The summed E-state index contributed by atoms with van der Waals surface area (Å²) in [6.45, 7) is 11.2. The Morgan fingerprint density at radius 2 is 0.929 bits per heavy atom. The van der Waals surface area contributed by atoms with Crippen LogP contribution in [0.5, 0.6) is 0 Å². The first-order valence-electron chi connectivity index (χ1n) is 36.7. The molecule has 15 rings (SSSR count). The molecule has 8 heterocycles. The van der Waals surface area contributed by atoms with Crippen LogP contribution in [0.25, 0.3) is 65.6 Å². The number of carbonyl (C=O) groups excluding carboxylic acids is 3. The van der Waals surface area contributed by atoms with E-state index < -0.39 is 21.9 Å². The maximum atomic E-state index is 12.1. The van der Waals surface area contributed by atoms with Crippen molar-refractivity contribution >= 4 is 136 Å². The number of primary amides is 2. The number of aromatic nitrogens is 4. The number of ketones is 1. The van der Waals surface area contributed by atoms with Crippen LogP contribution in [0, 0.1) is 52.2 Å². The molecule has 6 aromatic heterocycles. The number of furan rings is 2. The number of nitriles is 4. The van der Waals surface area contributed by atoms with Crippen molar-refractivity contribution in [2.45, 2.75) is 89.9 Å². The number of aryl methyl sites for hydroxylation is 4. The number of alkyl halides is 2. The molecule has 0 spiro atoms. The van der Waals surface area contributed by atoms with Gasteiger partial charge in [-0.05, 0) is 228 Å². The Labute approximate surface area is 693 Å². The van der Waals surface area contributed by atoms with E-state index in [1.165, 1.54) is 16.5 Å². The minimum atomic E-state index is -3.70. The molecule has 22 nitrogen and oxygen atoms in total. The van der Waals surface area contributed by atoms with E-state index in [1.54, 1.807) is 60.8 Å². The Morgan fingerprint density at radius 1 is 0.513 bits per heavy atom. The summed E-state index contributed by atoms with van der Waals surface area (Å²) in [5.74, 6) is 0.594. The maximum Gasteiger partial charge on any atom is 1.00 e. The molecule has 7 aromatic carbocycles. The number of hydrogen-bond donors (Lipinski definition) is 7. The third-order valence-corrected chi connectivity index (χ3v) is 21.3. The molecule has 13 aromatic rings. The number of halogens is 2. The summed E-state index contributed by atoms with van der Waals surface area (Å²) in [4.78, 5) is 54.5. The third-order valence-electron chi connectivity index (χ3n) is 19.4. The van der Waals surface area contributed by atoms with Crippen LogP contribution < -0.4 is 56.1 Å². The zero-order valence-electron chi connectivity index (χ0n) is 63.7. The van der Waals surface area contributed by atoms with Crippen LogP contribution >= 0.6 is 23.2 Å². The van der Waals surface area contributed by atoms with Gasteiger partial charge in [0.2, 0.25) is 0 Å². The molecule has 2 aliphatic heterocycles. The molecule has 2 aliphatic rings. The third kappa shape index (κ3) is 23.5. The molecule has 0 aliphatic carbocycles. The number of amides is 2. The largest absolute Gasteiger partial charge is 1.00 e. The zero-order valence-corrected chi connectivity index (χ0v) is 67.1. The molecular formula is C86H91BCl2N14NaO8S. The Morgan fingerprint density at radius 3 is 1.37 bits per heavy atom. The number of aromatic amines is 4. The molecule has 27 heteroatoms. The predicted octanol–water partition coefficient (Wildman–Crippen LogP) is 13.3. The van der Waals surface area contributed by atoms with Gasteiger partial charge in [-0.3, -0.25) is 23.5 Å². The average molecular weight is 1590 g/mol. The van der Waals surface area contributed by atoms with Crippen molar-refractivity contribution in [1.29, 1.82) is 21.0 Å². The van der Waals surface area contributed by atoms with Gasteiger partial charge in [0.05, 0.1) is 58.0 Å². The van der Waals surface area contributed by atoms with Crippen molar-refractivity contribution < 1.29 is 66.8 Å². The first-order valence-corrected chi connectivity index (χ1v) is 39.2. The molecule has 0 bridgehead atoms. The predicted molar refractivity (Wildman–Crippen MR) is 447 cm³/mol. The first kappa shape index (κ1) is 88.0. The number of hydrogen-bond acceptors (Lipinski definition) is 16. The Bertz CT molecular complexity index is 5680. The van der Waals surface area contributed by atoms with E-state index in [-0.39, 0.29) is 75.6 Å². The number of anilines is 2. The van der Waals surface area contributed by atoms with Gasteiger partial charge in [-0.1, -0.05) is 25.1 Å². The summed E-state index contributed by atoms with van der Waals surface area (Å²) in [6, 6.07) is 53.0. The van der Waals surface area contributed by atoms with Crippen LogP contribution in [0.3, 0.4) is 0 Å². The molecule has 2 fully saturated rings. The van der Waals surface area contributed by atoms with E-state index in [4.69, 9.17) is 68.7 Å². The van der Waals surface area contributed by atoms with Crippen molar-refractivity contribution in [3.63, 3.8) is 0 Å². The fraction of sp³-hybridized carbons (Fsp3) is 0.291. The topological polar surface area (TPSA) is 353 Å². The van der Waals surface area contributed by atoms with E-state index in [0.29, 0.717) is 70.0 Å². The van der Waals surface area contributed by atoms with Crippen molar-refractivity contribution in [2.24, 2.45) is 11.5 Å². The molecule has 0 saturated carbocycles. The second-order valence-electron chi connectivity index (χ2n) is 27.0. The zero-order chi connectivity index (χ0) is 77.5. The molecule has 2 amide bonds. The summed E-state index contributed by atoms with van der Waals surface area (Å²) < 4.78 is 40.2. The summed E-state index contributed by atoms with van der Waals surface area (Å²) in [5, 5.41) is 45.2. The van der Waals surface area contributed by atoms with Gasteiger partial charge in [-0.25, -0.2) is 0 Å². The minimum Gasteiger partial charge on any atom is -1.00 e. The van der Waals surface area contributed by atoms with Crippen LogP contribution in [0.4, 0.5) is 11.4 Å². The van der Waals surface area contributed by atoms with E-state index in [9.17, 15) is 22.8 Å². The van der Waals surface area contributed by atoms with Crippen LogP contribution in [0.2, 0.25) is 0 Å². The molecule has 2 saturated heterocycles. The second kappa shape index (κ2) is 42.9. The minimum absolute atomic E-state index is 0. The molecule has 0 unspecified atom stereocenters. The van der Waals surface area contributed by atoms with Crippen LogP contribution in [0.1, 0.15) is 136 Å². The number of fused-ring (bicyclic) bond motifs is 6. The normalized spacial score (nSPS) is 12.6. The van der Waals surface area contributed by atoms with Crippen molar-refractivity contribution in [1.82, 2.24) is 30.2 Å². The summed E-state index contributed by atoms with van der Waals surface area (Å²) in [5.41, 5.74) is 26.2. The fourth-order valence-corrected chi connectivity index (χ4v) is 14.7. The van der Waals surface area contributed by atoms with Gasteiger partial charge in [-0.2, -0.15) is 29.5 Å². The number of nitrogens with one attached hydrogen (secondary N) is 5. The quantitative estimate of drug-likeness (QED) is 0.00971. The average Bonchev–Trinajstić information content (AvgIpc) is 1.70. The van der Waals surface area contributed by atoms with Crippen LogP contribution in [-0.4, -0.2) is 137 Å². The fourth-order valence-electron chi connectivity index (χ4n) is 13.4. The van der Waals surface area contributed by atoms with Gasteiger partial charge in [-0.15, -0.1) is 23.2 Å². The monoisotopic (exact) mass is 1580 g/mol. The summed E-state index contributed by atoms with van der Waals surface area (Å²) in [6.07, 6.45) is 17.5. The van der Waals surface area contributed by atoms with E-state index >= 15 is 0 Å². The number of carbonyl (C=O) groups is 3. The molecule has 577 valence electrons. The number of nitrogens with two attached hydrogens (primary N) is 2. The molecule has 113 heavy (non-hydrogen) atoms. The van der Waals surface area contributed by atoms with Crippen molar-refractivity contribution in [3.05, 3.63) is 232 Å². The standard InChI is InChI=1S/C26H27N5O2.C20H20N2O3S.C13H11ClN2O.C13H13ClN2.C13H15N3O2.CH4.B.Na.H/c27-16-18-4-6-23-22(13-18)19(17-29-23)3-1-2-8-30-9-11-31(12-10-30)21-5-7-24-20(14-21)15-25(33-24)26(28)32;1-15-5-8-18(9-6-15)26(23,24)25-11-3-2-4-17-14-22-20-10-7-16(13-21)12-19(17)20;14-5-1-2-13(17)11-8-16-12-4-3-9(7-15)6-10(11)12;14-6-2-1-3-11-9-16-13-5-4-10(8-15)7-12(11)13;14-13(17)12-8-9-7-10(1-2-11(9)18-12)16-5-3-15-4-6-16;;;;/h4-7,13-15,17,29H,1-3,8-12H2,(H2,28,32);5-10,12,14,22H,2-4,11H2,1H3;3-4,6,8,16H,1-2,5H2;4-5,7,9,16H,1-3,6H2;1-2,7-8,15H,3-6H2,(H2,14,17);1H4;;;/q;;;;;;;+1;-1. The van der Waals surface area contributed by atoms with Crippen LogP contribution in [0.15, 0.2) is 184 Å². The smallest absolute Gasteiger partial charge is 1.00 e. The van der Waals surface area contributed by atoms with E-state index in [2.05, 4.69) is 76.5 Å². The van der Waals surface area contributed by atoms with E-state index in [1.807, 2.05) is 104 Å². The van der Waals surface area contributed by atoms with Gasteiger partial charge in [0.15, 0.2) is 17.3 Å². The molecule has 3 radical (unpaired) electrons. The SMILES string of the molecule is C.Cc1ccc(S(=O)(=O)OCCCCc2c[nH]c3ccc(C#N)cc23)cc1.N#Cc1ccc2[nH]cc(C(=O)CCCCl)c2c1.N#Cc1ccc2[nH]cc(CCCCCl)c2c1.N#Cc1ccc2[nH]cc(CCCCN3CCN(c4ccc5oc(C(N)=O)cc5c4)CC3)c2c1.NC(=O)c1cc2cc(N3CCNCC3)ccc2o1.[B].[H-].[Na+]. The summed E-state index contributed by atoms with van der Waals surface area (Å²) in [7, 11) is -3.70. The molecular weight excluding hydrogens is 1490 g/mol. The van der Waals surface area contributed by atoms with Gasteiger partial charge in [0.25, 0.3) is 21.9 Å². The number of unbranched alkanes of at least 4 members (excludes halogenated alkanes) is 3. The number of Topliss-reactive ketones (excluding diaryl/α,β-unsaturated/α-hetero) is 1.